The van der Waals surface area contributed by atoms with Crippen LogP contribution >= 0.6 is 0 Å². The van der Waals surface area contributed by atoms with Crippen molar-refractivity contribution >= 4 is 22.3 Å². The standard InChI is InChI=1S/C23H27F2NO5S.C17H20F2N2O2.CN.Na/c1-15-5-7-20(8-6-15)32(28,29)30-13-17-12-23(17,14-26-21(27)31-22(2,3)4)16-9-18(24)11-19(25)10-16;1-16(2,3)23-15(22)21-10-17(9-11(17)4-5-20)12-6-13(18)8-14(19)7-12;1-2;/h5-11,17H,12-14H2,1-4H3,(H,26,27);6-8,11H,4,9-10H2,1-3H3,(H,21,22);;/q;;-1;+1/t17-,23+;11-,17+;;/m01../s1. The molecule has 3 aromatic carbocycles. The fraction of sp³-hybridized carbons (Fsp3) is 0.463. The van der Waals surface area contributed by atoms with E-state index in [-0.39, 0.29) is 72.4 Å². The van der Waals surface area contributed by atoms with Crippen molar-refractivity contribution in [1.29, 1.82) is 10.5 Å². The van der Waals surface area contributed by atoms with Gasteiger partial charge in [0.15, 0.2) is 0 Å². The van der Waals surface area contributed by atoms with E-state index in [2.05, 4.69) is 16.7 Å². The van der Waals surface area contributed by atoms with Gasteiger partial charge in [-0.3, -0.25) is 4.18 Å². The van der Waals surface area contributed by atoms with E-state index in [4.69, 9.17) is 30.8 Å². The minimum Gasteiger partial charge on any atom is -0.512 e. The maximum absolute atomic E-state index is 13.9. The number of hydrogen-bond donors (Lipinski definition) is 2. The van der Waals surface area contributed by atoms with Gasteiger partial charge in [-0.15, -0.1) is 0 Å². The normalized spacial score (nSPS) is 20.6. The molecule has 5 rings (SSSR count). The number of aryl methyl sites for hydroxylation is 1. The smallest absolute Gasteiger partial charge is 0.512 e. The third-order valence-electron chi connectivity index (χ3n) is 9.30. The van der Waals surface area contributed by atoms with Crippen LogP contribution in [0.4, 0.5) is 27.2 Å². The fourth-order valence-corrected chi connectivity index (χ4v) is 7.37. The van der Waals surface area contributed by atoms with Crippen molar-refractivity contribution in [2.45, 2.75) is 94.7 Å². The first-order valence-corrected chi connectivity index (χ1v) is 19.3. The van der Waals surface area contributed by atoms with E-state index in [9.17, 15) is 35.6 Å². The molecule has 58 heavy (non-hydrogen) atoms. The van der Waals surface area contributed by atoms with Gasteiger partial charge in [0.2, 0.25) is 0 Å². The Balaban J connectivity index is 0.000000396. The molecule has 0 radical (unpaired) electrons. The summed E-state index contributed by atoms with van der Waals surface area (Å²) >= 11 is 0. The predicted octanol–water partition coefficient (Wildman–Crippen LogP) is 5.22. The Morgan fingerprint density at radius 3 is 1.52 bits per heavy atom. The molecule has 11 nitrogen and oxygen atoms in total. The van der Waals surface area contributed by atoms with Gasteiger partial charge >= 0.3 is 41.7 Å². The summed E-state index contributed by atoms with van der Waals surface area (Å²) in [7, 11) is -4.00. The zero-order valence-corrected chi connectivity index (χ0v) is 36.7. The number of alkyl carbamates (subject to hydrolysis) is 2. The summed E-state index contributed by atoms with van der Waals surface area (Å²) in [5.41, 5.74) is -1.13. The molecule has 0 aliphatic heterocycles. The van der Waals surface area contributed by atoms with Crippen molar-refractivity contribution in [3.05, 3.63) is 107 Å². The first-order chi connectivity index (χ1) is 26.5. The van der Waals surface area contributed by atoms with E-state index in [0.717, 1.165) is 17.7 Å². The fourth-order valence-electron chi connectivity index (χ4n) is 6.42. The zero-order valence-electron chi connectivity index (χ0n) is 33.8. The molecular weight excluding hydrogens is 792 g/mol. The van der Waals surface area contributed by atoms with Crippen LogP contribution in [0.25, 0.3) is 0 Å². The molecule has 2 amide bonds. The van der Waals surface area contributed by atoms with Crippen molar-refractivity contribution < 1.29 is 78.8 Å². The van der Waals surface area contributed by atoms with Crippen LogP contribution in [-0.4, -0.2) is 51.5 Å². The molecule has 2 aliphatic carbocycles. The van der Waals surface area contributed by atoms with Crippen molar-refractivity contribution in [3.63, 3.8) is 0 Å². The topological polar surface area (TPSA) is 168 Å². The van der Waals surface area contributed by atoms with Crippen LogP contribution in [-0.2, 0) is 34.6 Å². The number of halogens is 4. The van der Waals surface area contributed by atoms with Crippen LogP contribution in [0.2, 0.25) is 0 Å². The Bertz CT molecular complexity index is 2050. The Kier molecular flexibility index (Phi) is 17.4. The Labute approximate surface area is 359 Å². The van der Waals surface area contributed by atoms with Gasteiger partial charge in [0.05, 0.1) is 17.6 Å². The van der Waals surface area contributed by atoms with Gasteiger partial charge in [-0.1, -0.05) is 17.7 Å². The van der Waals surface area contributed by atoms with E-state index in [1.807, 2.05) is 6.92 Å². The molecule has 2 N–H and O–H groups in total. The molecule has 0 aromatic heterocycles. The number of benzene rings is 3. The maximum Gasteiger partial charge on any atom is 1.00 e. The summed E-state index contributed by atoms with van der Waals surface area (Å²) in [5, 5.41) is 20.4. The monoisotopic (exact) mass is 838 g/mol. The molecular formula is C41H47F4N4NaO7S. The minimum atomic E-state index is -4.00. The molecule has 17 heteroatoms. The third kappa shape index (κ3) is 14.3. The number of nitrogens with zero attached hydrogens (tertiary/aromatic N) is 2. The molecule has 3 aromatic rings. The summed E-state index contributed by atoms with van der Waals surface area (Å²) in [4.78, 5) is 24.0. The summed E-state index contributed by atoms with van der Waals surface area (Å²) in [6, 6.07) is 14.8. The summed E-state index contributed by atoms with van der Waals surface area (Å²) in [6.45, 7) is 17.0. The average Bonchev–Trinajstić information content (AvgIpc) is 4.00. The van der Waals surface area contributed by atoms with Gasteiger partial charge in [-0.2, -0.15) is 13.7 Å². The second kappa shape index (κ2) is 20.2. The van der Waals surface area contributed by atoms with Crippen molar-refractivity contribution in [2.24, 2.45) is 11.8 Å². The van der Waals surface area contributed by atoms with Gasteiger partial charge < -0.3 is 31.9 Å². The molecule has 0 spiro atoms. The Morgan fingerprint density at radius 2 is 1.14 bits per heavy atom. The van der Waals surface area contributed by atoms with Crippen LogP contribution in [0, 0.1) is 65.2 Å². The van der Waals surface area contributed by atoms with Crippen LogP contribution < -0.4 is 40.2 Å². The summed E-state index contributed by atoms with van der Waals surface area (Å²) in [5.74, 6) is -3.26. The van der Waals surface area contributed by atoms with Crippen molar-refractivity contribution in [2.75, 3.05) is 19.7 Å². The summed E-state index contributed by atoms with van der Waals surface area (Å²) < 4.78 is 95.5. The molecule has 2 saturated carbocycles. The quantitative estimate of drug-likeness (QED) is 0.114. The molecule has 308 valence electrons. The van der Waals surface area contributed by atoms with Crippen LogP contribution in [0.5, 0.6) is 0 Å². The minimum absolute atomic E-state index is 0. The van der Waals surface area contributed by atoms with Crippen LogP contribution in [0.3, 0.4) is 0 Å². The summed E-state index contributed by atoms with van der Waals surface area (Å²) in [6.07, 6.45) is -0.00776. The van der Waals surface area contributed by atoms with E-state index < -0.39 is 67.6 Å². The van der Waals surface area contributed by atoms with Gasteiger partial charge in [0.1, 0.15) is 34.5 Å². The van der Waals surface area contributed by atoms with Gasteiger partial charge in [-0.05, 0) is 121 Å². The number of rotatable bonds is 11. The van der Waals surface area contributed by atoms with E-state index >= 15 is 0 Å². The van der Waals surface area contributed by atoms with Crippen LogP contribution in [0.15, 0.2) is 65.6 Å². The molecule has 0 heterocycles. The van der Waals surface area contributed by atoms with Gasteiger partial charge in [0.25, 0.3) is 10.1 Å². The first kappa shape index (κ1) is 50.0. The van der Waals surface area contributed by atoms with Gasteiger partial charge in [0, 0.05) is 42.5 Å². The number of carbonyl (C=O) groups excluding carboxylic acids is 2. The van der Waals surface area contributed by atoms with Crippen LogP contribution in [0.1, 0.15) is 77.5 Å². The Morgan fingerprint density at radius 1 is 0.759 bits per heavy atom. The second-order valence-corrected chi connectivity index (χ2v) is 17.7. The number of hydrogen-bond acceptors (Lipinski definition) is 9. The third-order valence-corrected chi connectivity index (χ3v) is 10.6. The number of ether oxygens (including phenoxy) is 2. The zero-order chi connectivity index (χ0) is 43.0. The number of nitrogens with one attached hydrogen (secondary N) is 2. The number of amides is 2. The second-order valence-electron chi connectivity index (χ2n) is 16.1. The predicted molar refractivity (Wildman–Crippen MR) is 200 cm³/mol. The van der Waals surface area contributed by atoms with E-state index in [1.165, 1.54) is 36.4 Å². The molecule has 0 unspecified atom stereocenters. The van der Waals surface area contributed by atoms with Crippen molar-refractivity contribution in [1.82, 2.24) is 10.6 Å². The number of carbonyl (C=O) groups is 2. The van der Waals surface area contributed by atoms with Gasteiger partial charge in [-0.25, -0.2) is 27.2 Å². The number of nitriles is 1. The molecule has 2 fully saturated rings. The van der Waals surface area contributed by atoms with Crippen molar-refractivity contribution in [3.8, 4) is 6.07 Å². The first-order valence-electron chi connectivity index (χ1n) is 17.9. The molecule has 0 saturated heterocycles. The van der Waals surface area contributed by atoms with E-state index in [1.54, 1.807) is 53.7 Å². The molecule has 0 bridgehead atoms. The SMILES string of the molecule is CC(C)(C)OC(=O)NC[C@@]1(c2cc(F)cc(F)c2)C[C@H]1CC#N.Cc1ccc(S(=O)(=O)OC[C@@H]2C[C@@]2(CNC(=O)OC(C)(C)C)c2cc(F)cc(F)c2)cc1.[C-]#N.[Na+]. The molecule has 2 aliphatic rings. The average molecular weight is 839 g/mol. The largest absolute Gasteiger partial charge is 1.00 e. The Hall–Kier alpha value is -4.19. The maximum atomic E-state index is 13.9. The molecule has 4 atom stereocenters. The van der Waals surface area contributed by atoms with E-state index in [0.29, 0.717) is 24.0 Å².